The highest BCUT2D eigenvalue weighted by Gasteiger charge is 2.11. The fourth-order valence-electron chi connectivity index (χ4n) is 1.64. The average Bonchev–Trinajstić information content (AvgIpc) is 2.38. The first-order valence-electron chi connectivity index (χ1n) is 6.42. The highest BCUT2D eigenvalue weighted by molar-refractivity contribution is 5.37. The van der Waals surface area contributed by atoms with Gasteiger partial charge in [0.1, 0.15) is 11.6 Å². The van der Waals surface area contributed by atoms with Gasteiger partial charge in [0.25, 0.3) is 5.56 Å². The molecule has 0 spiro atoms. The van der Waals surface area contributed by atoms with Gasteiger partial charge in [0.2, 0.25) is 0 Å². The van der Waals surface area contributed by atoms with Crippen LogP contribution in [0.25, 0.3) is 0 Å². The Bertz CT molecular complexity index is 423. The summed E-state index contributed by atoms with van der Waals surface area (Å²) in [6.45, 7) is 6.50. The monoisotopic (exact) mass is 269 g/mol. The summed E-state index contributed by atoms with van der Waals surface area (Å²) >= 11 is 0. The Balaban J connectivity index is 2.95. The van der Waals surface area contributed by atoms with Crippen LogP contribution in [0.1, 0.15) is 25.6 Å². The van der Waals surface area contributed by atoms with E-state index in [1.54, 1.807) is 14.2 Å². The van der Waals surface area contributed by atoms with Gasteiger partial charge >= 0.3 is 0 Å². The van der Waals surface area contributed by atoms with E-state index in [9.17, 15) is 4.79 Å². The van der Waals surface area contributed by atoms with Crippen LogP contribution in [0.15, 0.2) is 10.9 Å². The molecule has 0 saturated heterocycles. The number of aromatic amines is 1. The van der Waals surface area contributed by atoms with E-state index in [1.807, 2.05) is 18.7 Å². The summed E-state index contributed by atoms with van der Waals surface area (Å²) < 4.78 is 10.2. The molecule has 0 unspecified atom stereocenters. The minimum Gasteiger partial charge on any atom is -0.383 e. The lowest BCUT2D eigenvalue weighted by atomic mass is 10.2. The zero-order chi connectivity index (χ0) is 14.3. The molecule has 0 aliphatic carbocycles. The van der Waals surface area contributed by atoms with Crippen molar-refractivity contribution in [1.29, 1.82) is 0 Å². The molecule has 0 amide bonds. The van der Waals surface area contributed by atoms with Gasteiger partial charge in [-0.15, -0.1) is 0 Å². The molecule has 0 atom stereocenters. The van der Waals surface area contributed by atoms with Crippen molar-refractivity contribution in [2.75, 3.05) is 45.4 Å². The molecule has 1 N–H and O–H groups in total. The number of ether oxygens (including phenoxy) is 2. The van der Waals surface area contributed by atoms with Crippen molar-refractivity contribution < 1.29 is 9.47 Å². The molecule has 6 heteroatoms. The second-order valence-electron chi connectivity index (χ2n) is 4.62. The second-order valence-corrected chi connectivity index (χ2v) is 4.62. The van der Waals surface area contributed by atoms with Crippen molar-refractivity contribution in [3.8, 4) is 0 Å². The summed E-state index contributed by atoms with van der Waals surface area (Å²) in [5.74, 6) is 1.54. The zero-order valence-electron chi connectivity index (χ0n) is 12.1. The largest absolute Gasteiger partial charge is 0.383 e. The highest BCUT2D eigenvalue weighted by atomic mass is 16.5. The normalized spacial score (nSPS) is 11.0. The zero-order valence-corrected chi connectivity index (χ0v) is 12.1. The van der Waals surface area contributed by atoms with Crippen LogP contribution < -0.4 is 10.5 Å². The van der Waals surface area contributed by atoms with Gasteiger partial charge in [-0.1, -0.05) is 13.8 Å². The topological polar surface area (TPSA) is 67.5 Å². The summed E-state index contributed by atoms with van der Waals surface area (Å²) in [6.07, 6.45) is 0. The average molecular weight is 269 g/mol. The molecule has 1 aromatic heterocycles. The van der Waals surface area contributed by atoms with Crippen LogP contribution in [0.4, 0.5) is 5.82 Å². The lowest BCUT2D eigenvalue weighted by Gasteiger charge is -2.23. The fourth-order valence-corrected chi connectivity index (χ4v) is 1.64. The number of rotatable bonds is 8. The Labute approximate surface area is 113 Å². The molecule has 0 aliphatic rings. The van der Waals surface area contributed by atoms with E-state index >= 15 is 0 Å². The summed E-state index contributed by atoms with van der Waals surface area (Å²) in [4.78, 5) is 20.9. The Morgan fingerprint density at radius 2 is 1.84 bits per heavy atom. The van der Waals surface area contributed by atoms with Crippen LogP contribution in [-0.4, -0.2) is 50.5 Å². The lowest BCUT2D eigenvalue weighted by molar-refractivity contribution is 0.190. The maximum absolute atomic E-state index is 11.7. The van der Waals surface area contributed by atoms with Gasteiger partial charge in [0, 0.05) is 39.3 Å². The van der Waals surface area contributed by atoms with Crippen molar-refractivity contribution in [2.24, 2.45) is 0 Å². The number of hydrogen-bond donors (Lipinski definition) is 1. The van der Waals surface area contributed by atoms with Gasteiger partial charge in [0.15, 0.2) is 0 Å². The van der Waals surface area contributed by atoms with Gasteiger partial charge in [-0.3, -0.25) is 4.79 Å². The molecule has 0 saturated carbocycles. The number of nitrogens with zero attached hydrogens (tertiary/aromatic N) is 2. The standard InChI is InChI=1S/C13H23N3O3/c1-10(2)13-14-11(9-12(17)15-13)16(5-7-18-3)6-8-19-4/h9-10H,5-8H2,1-4H3,(H,14,15,17). The second kappa shape index (κ2) is 7.91. The van der Waals surface area contributed by atoms with E-state index in [2.05, 4.69) is 9.97 Å². The van der Waals surface area contributed by atoms with Crippen molar-refractivity contribution in [2.45, 2.75) is 19.8 Å². The Morgan fingerprint density at radius 1 is 1.26 bits per heavy atom. The van der Waals surface area contributed by atoms with Crippen molar-refractivity contribution in [3.63, 3.8) is 0 Å². The SMILES string of the molecule is COCCN(CCOC)c1cc(=O)[nH]c(C(C)C)n1. The Hall–Kier alpha value is -1.40. The number of nitrogens with one attached hydrogen (secondary N) is 1. The first-order chi connectivity index (χ1) is 9.08. The van der Waals surface area contributed by atoms with Crippen LogP contribution in [0.3, 0.4) is 0 Å². The minimum absolute atomic E-state index is 0.131. The third-order valence-corrected chi connectivity index (χ3v) is 2.75. The molecule has 1 rings (SSSR count). The predicted octanol–water partition coefficient (Wildman–Crippen LogP) is 0.992. The number of anilines is 1. The third-order valence-electron chi connectivity index (χ3n) is 2.75. The molecule has 19 heavy (non-hydrogen) atoms. The number of hydrogen-bond acceptors (Lipinski definition) is 5. The summed E-state index contributed by atoms with van der Waals surface area (Å²) in [6, 6.07) is 1.51. The Morgan fingerprint density at radius 3 is 2.32 bits per heavy atom. The fraction of sp³-hybridized carbons (Fsp3) is 0.692. The highest BCUT2D eigenvalue weighted by Crippen LogP contribution is 2.12. The van der Waals surface area contributed by atoms with E-state index in [0.717, 1.165) is 0 Å². The van der Waals surface area contributed by atoms with E-state index < -0.39 is 0 Å². The first-order valence-corrected chi connectivity index (χ1v) is 6.42. The van der Waals surface area contributed by atoms with Gasteiger partial charge < -0.3 is 19.4 Å². The van der Waals surface area contributed by atoms with Crippen molar-refractivity contribution in [1.82, 2.24) is 9.97 Å². The van der Waals surface area contributed by atoms with Crippen LogP contribution in [0, 0.1) is 0 Å². The third kappa shape index (κ3) is 5.00. The maximum Gasteiger partial charge on any atom is 0.252 e. The molecule has 6 nitrogen and oxygen atoms in total. The van der Waals surface area contributed by atoms with Crippen LogP contribution in [0.5, 0.6) is 0 Å². The van der Waals surface area contributed by atoms with Crippen molar-refractivity contribution in [3.05, 3.63) is 22.2 Å². The maximum atomic E-state index is 11.7. The number of aromatic nitrogens is 2. The van der Waals surface area contributed by atoms with E-state index in [1.165, 1.54) is 6.07 Å². The van der Waals surface area contributed by atoms with Crippen LogP contribution in [0.2, 0.25) is 0 Å². The van der Waals surface area contributed by atoms with Gasteiger partial charge in [-0.05, 0) is 0 Å². The molecule has 0 radical (unpaired) electrons. The van der Waals surface area contributed by atoms with E-state index in [-0.39, 0.29) is 11.5 Å². The van der Waals surface area contributed by atoms with Crippen LogP contribution >= 0.6 is 0 Å². The molecule has 0 aromatic carbocycles. The van der Waals surface area contributed by atoms with E-state index in [0.29, 0.717) is 37.9 Å². The van der Waals surface area contributed by atoms with E-state index in [4.69, 9.17) is 9.47 Å². The quantitative estimate of drug-likeness (QED) is 0.762. The van der Waals surface area contributed by atoms with Gasteiger partial charge in [-0.2, -0.15) is 0 Å². The number of H-pyrrole nitrogens is 1. The van der Waals surface area contributed by atoms with Crippen molar-refractivity contribution >= 4 is 5.82 Å². The molecule has 0 bridgehead atoms. The molecule has 1 heterocycles. The molecular formula is C13H23N3O3. The Kier molecular flexibility index (Phi) is 6.52. The first kappa shape index (κ1) is 15.7. The molecule has 108 valence electrons. The summed E-state index contributed by atoms with van der Waals surface area (Å²) in [7, 11) is 3.30. The van der Waals surface area contributed by atoms with Gasteiger partial charge in [0.05, 0.1) is 13.2 Å². The van der Waals surface area contributed by atoms with Gasteiger partial charge in [-0.25, -0.2) is 4.98 Å². The smallest absolute Gasteiger partial charge is 0.252 e. The molecular weight excluding hydrogens is 246 g/mol. The lowest BCUT2D eigenvalue weighted by Crippen LogP contribution is -2.33. The molecule has 1 aromatic rings. The molecule has 0 aliphatic heterocycles. The van der Waals surface area contributed by atoms with Crippen LogP contribution in [-0.2, 0) is 9.47 Å². The minimum atomic E-state index is -0.131. The summed E-state index contributed by atoms with van der Waals surface area (Å²) in [5, 5.41) is 0. The molecule has 0 fully saturated rings. The number of methoxy groups -OCH3 is 2. The predicted molar refractivity (Wildman–Crippen MR) is 74.9 cm³/mol. The summed E-state index contributed by atoms with van der Waals surface area (Å²) in [5.41, 5.74) is -0.131.